The van der Waals surface area contributed by atoms with Crippen molar-refractivity contribution in [3.05, 3.63) is 18.2 Å². The molecule has 0 bridgehead atoms. The van der Waals surface area contributed by atoms with E-state index in [1.54, 1.807) is 12.1 Å². The van der Waals surface area contributed by atoms with Gasteiger partial charge in [0.1, 0.15) is 12.4 Å². The molecular formula is C14H18N2O2. The summed E-state index contributed by atoms with van der Waals surface area (Å²) in [5.41, 5.74) is 6.73. The van der Waals surface area contributed by atoms with Gasteiger partial charge in [-0.1, -0.05) is 19.3 Å². The fraction of sp³-hybridized carbons (Fsp3) is 0.500. The second-order valence-corrected chi connectivity index (χ2v) is 5.34. The number of carbonyl (C=O) groups is 1. The SMILES string of the molecule is Nc1ccc2c(c1)NC(=O)C1(CCCCC1)CO2. The van der Waals surface area contributed by atoms with Gasteiger partial charge in [0.2, 0.25) is 5.91 Å². The highest BCUT2D eigenvalue weighted by molar-refractivity contribution is 5.97. The van der Waals surface area contributed by atoms with Gasteiger partial charge in [0.25, 0.3) is 0 Å². The van der Waals surface area contributed by atoms with E-state index in [0.717, 1.165) is 31.4 Å². The summed E-state index contributed by atoms with van der Waals surface area (Å²) in [5, 5.41) is 2.98. The molecule has 0 aromatic heterocycles. The molecule has 3 rings (SSSR count). The molecule has 1 saturated carbocycles. The van der Waals surface area contributed by atoms with Crippen LogP contribution in [-0.4, -0.2) is 12.5 Å². The number of nitrogen functional groups attached to an aromatic ring is 1. The van der Waals surface area contributed by atoms with Crippen molar-refractivity contribution in [3.63, 3.8) is 0 Å². The van der Waals surface area contributed by atoms with E-state index in [0.29, 0.717) is 18.0 Å². The zero-order chi connectivity index (χ0) is 12.6. The molecule has 0 atom stereocenters. The third-order valence-electron chi connectivity index (χ3n) is 4.05. The number of nitrogens with one attached hydrogen (secondary N) is 1. The third-order valence-corrected chi connectivity index (χ3v) is 4.05. The Kier molecular flexibility index (Phi) is 2.65. The van der Waals surface area contributed by atoms with Crippen LogP contribution >= 0.6 is 0 Å². The number of hydrogen-bond donors (Lipinski definition) is 2. The molecule has 1 aromatic rings. The van der Waals surface area contributed by atoms with Gasteiger partial charge in [-0.15, -0.1) is 0 Å². The molecule has 4 heteroatoms. The lowest BCUT2D eigenvalue weighted by atomic mass is 9.74. The molecule has 0 unspecified atom stereocenters. The number of anilines is 2. The van der Waals surface area contributed by atoms with Crippen LogP contribution in [0.4, 0.5) is 11.4 Å². The largest absolute Gasteiger partial charge is 0.490 e. The monoisotopic (exact) mass is 246 g/mol. The summed E-state index contributed by atoms with van der Waals surface area (Å²) in [6, 6.07) is 5.38. The van der Waals surface area contributed by atoms with E-state index in [2.05, 4.69) is 5.32 Å². The Labute approximate surface area is 107 Å². The quantitative estimate of drug-likeness (QED) is 0.691. The van der Waals surface area contributed by atoms with Crippen molar-refractivity contribution in [1.82, 2.24) is 0 Å². The van der Waals surface area contributed by atoms with Crippen LogP contribution in [0.25, 0.3) is 0 Å². The summed E-state index contributed by atoms with van der Waals surface area (Å²) < 4.78 is 5.83. The number of amides is 1. The second kappa shape index (κ2) is 4.19. The maximum Gasteiger partial charge on any atom is 0.234 e. The summed E-state index contributed by atoms with van der Waals surface area (Å²) in [4.78, 5) is 12.4. The van der Waals surface area contributed by atoms with Gasteiger partial charge in [-0.2, -0.15) is 0 Å². The Hall–Kier alpha value is -1.71. The molecule has 2 aliphatic rings. The maximum absolute atomic E-state index is 12.4. The highest BCUT2D eigenvalue weighted by Gasteiger charge is 2.42. The average Bonchev–Trinajstić information content (AvgIpc) is 2.50. The minimum absolute atomic E-state index is 0.0894. The van der Waals surface area contributed by atoms with E-state index >= 15 is 0 Å². The first-order valence-corrected chi connectivity index (χ1v) is 6.53. The van der Waals surface area contributed by atoms with Gasteiger partial charge in [0.15, 0.2) is 0 Å². The first-order valence-electron chi connectivity index (χ1n) is 6.53. The highest BCUT2D eigenvalue weighted by Crippen LogP contribution is 2.41. The lowest BCUT2D eigenvalue weighted by molar-refractivity contribution is -0.128. The average molecular weight is 246 g/mol. The Bertz CT molecular complexity index is 479. The van der Waals surface area contributed by atoms with Gasteiger partial charge in [-0.25, -0.2) is 0 Å². The van der Waals surface area contributed by atoms with Gasteiger partial charge < -0.3 is 15.8 Å². The summed E-state index contributed by atoms with van der Waals surface area (Å²) in [5.74, 6) is 0.812. The van der Waals surface area contributed by atoms with Gasteiger partial charge in [0, 0.05) is 5.69 Å². The number of benzene rings is 1. The lowest BCUT2D eigenvalue weighted by Crippen LogP contribution is -2.41. The molecule has 96 valence electrons. The minimum Gasteiger partial charge on any atom is -0.490 e. The van der Waals surface area contributed by atoms with Crippen molar-refractivity contribution in [1.29, 1.82) is 0 Å². The van der Waals surface area contributed by atoms with E-state index in [1.165, 1.54) is 6.42 Å². The van der Waals surface area contributed by atoms with E-state index in [-0.39, 0.29) is 11.3 Å². The molecule has 1 aliphatic heterocycles. The number of fused-ring (bicyclic) bond motifs is 1. The van der Waals surface area contributed by atoms with Crippen LogP contribution in [0.1, 0.15) is 32.1 Å². The molecule has 3 N–H and O–H groups in total. The molecule has 0 radical (unpaired) electrons. The number of ether oxygens (including phenoxy) is 1. The molecule has 18 heavy (non-hydrogen) atoms. The van der Waals surface area contributed by atoms with Crippen LogP contribution in [0.15, 0.2) is 18.2 Å². The molecule has 1 fully saturated rings. The first kappa shape index (κ1) is 11.4. The van der Waals surface area contributed by atoms with Gasteiger partial charge in [0.05, 0.1) is 11.1 Å². The molecule has 1 aliphatic carbocycles. The fourth-order valence-corrected chi connectivity index (χ4v) is 2.91. The van der Waals surface area contributed by atoms with Crippen LogP contribution < -0.4 is 15.8 Å². The lowest BCUT2D eigenvalue weighted by Gasteiger charge is -2.33. The third kappa shape index (κ3) is 1.82. The number of rotatable bonds is 0. The van der Waals surface area contributed by atoms with E-state index in [1.807, 2.05) is 6.07 Å². The Balaban J connectivity index is 1.92. The van der Waals surface area contributed by atoms with Crippen LogP contribution in [0.3, 0.4) is 0 Å². The molecule has 1 aromatic carbocycles. The predicted molar refractivity (Wildman–Crippen MR) is 70.5 cm³/mol. The van der Waals surface area contributed by atoms with E-state index in [4.69, 9.17) is 10.5 Å². The van der Waals surface area contributed by atoms with Crippen LogP contribution in [0.2, 0.25) is 0 Å². The van der Waals surface area contributed by atoms with Crippen molar-refractivity contribution < 1.29 is 9.53 Å². The van der Waals surface area contributed by atoms with Crippen molar-refractivity contribution in [2.45, 2.75) is 32.1 Å². The zero-order valence-electron chi connectivity index (χ0n) is 10.4. The van der Waals surface area contributed by atoms with Crippen molar-refractivity contribution >= 4 is 17.3 Å². The van der Waals surface area contributed by atoms with Gasteiger partial charge in [-0.3, -0.25) is 4.79 Å². The fourth-order valence-electron chi connectivity index (χ4n) is 2.91. The summed E-state index contributed by atoms with van der Waals surface area (Å²) in [6.07, 6.45) is 5.27. The topological polar surface area (TPSA) is 64.3 Å². The zero-order valence-corrected chi connectivity index (χ0v) is 10.4. The molecule has 1 heterocycles. The van der Waals surface area contributed by atoms with Crippen molar-refractivity contribution in [2.24, 2.45) is 5.41 Å². The standard InChI is InChI=1S/C14H18N2O2/c15-10-4-5-12-11(8-10)16-13(17)14(9-18-12)6-2-1-3-7-14/h4-5,8H,1-3,6-7,9,15H2,(H,16,17). The van der Waals surface area contributed by atoms with Gasteiger partial charge in [-0.05, 0) is 31.0 Å². The van der Waals surface area contributed by atoms with E-state index < -0.39 is 0 Å². The van der Waals surface area contributed by atoms with Crippen LogP contribution in [-0.2, 0) is 4.79 Å². The molecule has 4 nitrogen and oxygen atoms in total. The number of hydrogen-bond acceptors (Lipinski definition) is 3. The second-order valence-electron chi connectivity index (χ2n) is 5.34. The Morgan fingerprint density at radius 3 is 2.78 bits per heavy atom. The van der Waals surface area contributed by atoms with Crippen LogP contribution in [0.5, 0.6) is 5.75 Å². The molecular weight excluding hydrogens is 228 g/mol. The molecule has 0 saturated heterocycles. The van der Waals surface area contributed by atoms with Gasteiger partial charge >= 0.3 is 0 Å². The molecule has 1 amide bonds. The van der Waals surface area contributed by atoms with Crippen molar-refractivity contribution in [3.8, 4) is 5.75 Å². The summed E-state index contributed by atoms with van der Waals surface area (Å²) >= 11 is 0. The highest BCUT2D eigenvalue weighted by atomic mass is 16.5. The van der Waals surface area contributed by atoms with Crippen molar-refractivity contribution in [2.75, 3.05) is 17.7 Å². The first-order chi connectivity index (χ1) is 8.70. The Morgan fingerprint density at radius 2 is 2.00 bits per heavy atom. The van der Waals surface area contributed by atoms with E-state index in [9.17, 15) is 4.79 Å². The minimum atomic E-state index is -0.341. The normalized spacial score (nSPS) is 21.7. The maximum atomic E-state index is 12.4. The predicted octanol–water partition coefficient (Wildman–Crippen LogP) is 2.55. The number of nitrogens with two attached hydrogens (primary N) is 1. The molecule has 1 spiro atoms. The summed E-state index contributed by atoms with van der Waals surface area (Å²) in [6.45, 7) is 0.482. The Morgan fingerprint density at radius 1 is 1.22 bits per heavy atom. The smallest absolute Gasteiger partial charge is 0.234 e. The summed E-state index contributed by atoms with van der Waals surface area (Å²) in [7, 11) is 0. The number of carbonyl (C=O) groups excluding carboxylic acids is 1. The van der Waals surface area contributed by atoms with Crippen LogP contribution in [0, 0.1) is 5.41 Å².